The van der Waals surface area contributed by atoms with E-state index in [0.717, 1.165) is 16.8 Å². The number of carbonyl (C=O) groups excluding carboxylic acids is 2. The lowest BCUT2D eigenvalue weighted by molar-refractivity contribution is -0.118. The van der Waals surface area contributed by atoms with Crippen LogP contribution in [0.4, 0.5) is 10.5 Å². The van der Waals surface area contributed by atoms with E-state index in [1.807, 2.05) is 68.4 Å². The summed E-state index contributed by atoms with van der Waals surface area (Å²) in [6.45, 7) is 4.55. The molecule has 0 bridgehead atoms. The Kier molecular flexibility index (Phi) is 6.37. The zero-order valence-electron chi connectivity index (χ0n) is 14.0. The Labute approximate surface area is 142 Å². The number of benzene rings is 2. The van der Waals surface area contributed by atoms with Crippen molar-refractivity contribution in [1.29, 1.82) is 0 Å². The molecule has 0 heterocycles. The van der Waals surface area contributed by atoms with Crippen LogP contribution in [0, 0.1) is 5.92 Å². The maximum absolute atomic E-state index is 11.7. The summed E-state index contributed by atoms with van der Waals surface area (Å²) in [5, 5.41) is 7.93. The highest BCUT2D eigenvalue weighted by Gasteiger charge is 2.07. The monoisotopic (exact) mass is 325 g/mol. The fourth-order valence-electron chi connectivity index (χ4n) is 2.11. The number of imide groups is 1. The largest absolute Gasteiger partial charge is 0.376 e. The van der Waals surface area contributed by atoms with Crippen LogP contribution in [0.2, 0.25) is 0 Å². The van der Waals surface area contributed by atoms with Crippen molar-refractivity contribution in [2.45, 2.75) is 13.8 Å². The van der Waals surface area contributed by atoms with Crippen molar-refractivity contribution in [3.05, 3.63) is 54.6 Å². The lowest BCUT2D eigenvalue weighted by Crippen LogP contribution is -2.43. The normalized spacial score (nSPS) is 10.3. The summed E-state index contributed by atoms with van der Waals surface area (Å²) in [5.74, 6) is -0.0319. The maximum Gasteiger partial charge on any atom is 0.321 e. The van der Waals surface area contributed by atoms with E-state index in [4.69, 9.17) is 0 Å². The Morgan fingerprint density at radius 2 is 1.54 bits per heavy atom. The fourth-order valence-corrected chi connectivity index (χ4v) is 2.11. The first-order chi connectivity index (χ1) is 11.5. The molecule has 0 aromatic heterocycles. The number of nitrogens with one attached hydrogen (secondary N) is 3. The van der Waals surface area contributed by atoms with E-state index in [-0.39, 0.29) is 12.5 Å². The van der Waals surface area contributed by atoms with Crippen LogP contribution in [0.15, 0.2) is 54.6 Å². The molecule has 5 nitrogen and oxygen atoms in total. The average Bonchev–Trinajstić information content (AvgIpc) is 2.59. The number of rotatable bonds is 6. The molecule has 0 saturated carbocycles. The highest BCUT2D eigenvalue weighted by molar-refractivity contribution is 5.96. The van der Waals surface area contributed by atoms with Gasteiger partial charge in [0.15, 0.2) is 0 Å². The van der Waals surface area contributed by atoms with Crippen molar-refractivity contribution < 1.29 is 9.59 Å². The number of carbonyl (C=O) groups is 2. The van der Waals surface area contributed by atoms with Crippen LogP contribution in [0.5, 0.6) is 0 Å². The number of urea groups is 1. The zero-order valence-corrected chi connectivity index (χ0v) is 14.0. The molecular formula is C19H23N3O2. The van der Waals surface area contributed by atoms with Crippen molar-refractivity contribution >= 4 is 17.6 Å². The molecule has 3 N–H and O–H groups in total. The highest BCUT2D eigenvalue weighted by Crippen LogP contribution is 2.20. The third kappa shape index (κ3) is 5.76. The molecule has 0 fully saturated rings. The maximum atomic E-state index is 11.7. The SMILES string of the molecule is CC(C)CNC(=O)NC(=O)CNc1ccc(-c2ccccc2)cc1. The molecule has 24 heavy (non-hydrogen) atoms. The van der Waals surface area contributed by atoms with Crippen LogP contribution in [0.3, 0.4) is 0 Å². The summed E-state index contributed by atoms with van der Waals surface area (Å²) < 4.78 is 0. The smallest absolute Gasteiger partial charge is 0.321 e. The number of hydrogen-bond donors (Lipinski definition) is 3. The van der Waals surface area contributed by atoms with Gasteiger partial charge in [-0.2, -0.15) is 0 Å². The first-order valence-electron chi connectivity index (χ1n) is 8.01. The molecule has 0 atom stereocenters. The van der Waals surface area contributed by atoms with Crippen LogP contribution in [0.25, 0.3) is 11.1 Å². The quantitative estimate of drug-likeness (QED) is 0.763. The van der Waals surface area contributed by atoms with Gasteiger partial charge in [0.2, 0.25) is 5.91 Å². The minimum atomic E-state index is -0.463. The summed E-state index contributed by atoms with van der Waals surface area (Å²) in [4.78, 5) is 23.2. The van der Waals surface area contributed by atoms with Gasteiger partial charge < -0.3 is 10.6 Å². The molecule has 2 aromatic rings. The van der Waals surface area contributed by atoms with Crippen molar-refractivity contribution in [1.82, 2.24) is 10.6 Å². The molecule has 5 heteroatoms. The Balaban J connectivity index is 1.80. The van der Waals surface area contributed by atoms with Crippen LogP contribution in [-0.2, 0) is 4.79 Å². The Bertz CT molecular complexity index is 667. The standard InChI is InChI=1S/C19H23N3O2/c1-14(2)12-21-19(24)22-18(23)13-20-17-10-8-16(9-11-17)15-6-4-3-5-7-15/h3-11,14,20H,12-13H2,1-2H3,(H2,21,22,23,24). The number of hydrogen-bond acceptors (Lipinski definition) is 3. The van der Waals surface area contributed by atoms with E-state index in [0.29, 0.717) is 12.5 Å². The molecule has 0 spiro atoms. The lowest BCUT2D eigenvalue weighted by atomic mass is 10.1. The second-order valence-electron chi connectivity index (χ2n) is 5.95. The van der Waals surface area contributed by atoms with Gasteiger partial charge in [-0.1, -0.05) is 56.3 Å². The average molecular weight is 325 g/mol. The highest BCUT2D eigenvalue weighted by atomic mass is 16.2. The third-order valence-electron chi connectivity index (χ3n) is 3.37. The van der Waals surface area contributed by atoms with Crippen LogP contribution < -0.4 is 16.0 Å². The second-order valence-corrected chi connectivity index (χ2v) is 5.95. The third-order valence-corrected chi connectivity index (χ3v) is 3.37. The van der Waals surface area contributed by atoms with Gasteiger partial charge in [-0.05, 0) is 29.2 Å². The molecule has 2 rings (SSSR count). The topological polar surface area (TPSA) is 70.2 Å². The molecule has 126 valence electrons. The predicted molar refractivity (Wildman–Crippen MR) is 96.7 cm³/mol. The first-order valence-corrected chi connectivity index (χ1v) is 8.01. The van der Waals surface area contributed by atoms with Crippen molar-refractivity contribution in [2.24, 2.45) is 5.92 Å². The molecule has 2 aromatic carbocycles. The van der Waals surface area contributed by atoms with Gasteiger partial charge >= 0.3 is 6.03 Å². The summed E-state index contributed by atoms with van der Waals surface area (Å²) in [5.41, 5.74) is 3.08. The van der Waals surface area contributed by atoms with E-state index in [1.54, 1.807) is 0 Å². The van der Waals surface area contributed by atoms with Crippen molar-refractivity contribution in [2.75, 3.05) is 18.4 Å². The molecule has 0 aliphatic heterocycles. The minimum Gasteiger partial charge on any atom is -0.376 e. The fraction of sp³-hybridized carbons (Fsp3) is 0.263. The summed E-state index contributed by atoms with van der Waals surface area (Å²) in [6.07, 6.45) is 0. The van der Waals surface area contributed by atoms with Gasteiger partial charge in [0.1, 0.15) is 0 Å². The molecule has 3 amide bonds. The van der Waals surface area contributed by atoms with E-state index in [9.17, 15) is 9.59 Å². The van der Waals surface area contributed by atoms with Crippen LogP contribution in [0.1, 0.15) is 13.8 Å². The number of anilines is 1. The molecule has 0 aliphatic rings. The van der Waals surface area contributed by atoms with Gasteiger partial charge in [0, 0.05) is 12.2 Å². The molecule has 0 radical (unpaired) electrons. The van der Waals surface area contributed by atoms with Crippen LogP contribution >= 0.6 is 0 Å². The van der Waals surface area contributed by atoms with Crippen molar-refractivity contribution in [3.63, 3.8) is 0 Å². The van der Waals surface area contributed by atoms with E-state index >= 15 is 0 Å². The number of amides is 3. The van der Waals surface area contributed by atoms with E-state index in [2.05, 4.69) is 16.0 Å². The Morgan fingerprint density at radius 1 is 0.917 bits per heavy atom. The molecule has 0 saturated heterocycles. The zero-order chi connectivity index (χ0) is 17.4. The van der Waals surface area contributed by atoms with E-state index in [1.165, 1.54) is 0 Å². The summed E-state index contributed by atoms with van der Waals surface area (Å²) >= 11 is 0. The molecule has 0 unspecified atom stereocenters. The van der Waals surface area contributed by atoms with E-state index < -0.39 is 6.03 Å². The molecular weight excluding hydrogens is 302 g/mol. The predicted octanol–water partition coefficient (Wildman–Crippen LogP) is 3.25. The van der Waals surface area contributed by atoms with Gasteiger partial charge in [0.25, 0.3) is 0 Å². The summed E-state index contributed by atoms with van der Waals surface area (Å²) in [7, 11) is 0. The Hall–Kier alpha value is -2.82. The first kappa shape index (κ1) is 17.5. The lowest BCUT2D eigenvalue weighted by Gasteiger charge is -2.10. The van der Waals surface area contributed by atoms with Gasteiger partial charge in [-0.15, -0.1) is 0 Å². The van der Waals surface area contributed by atoms with Gasteiger partial charge in [-0.25, -0.2) is 4.79 Å². The van der Waals surface area contributed by atoms with Gasteiger partial charge in [-0.3, -0.25) is 10.1 Å². The van der Waals surface area contributed by atoms with Gasteiger partial charge in [0.05, 0.1) is 6.54 Å². The van der Waals surface area contributed by atoms with Crippen LogP contribution in [-0.4, -0.2) is 25.0 Å². The second kappa shape index (κ2) is 8.72. The minimum absolute atomic E-state index is 0.0415. The van der Waals surface area contributed by atoms with Crippen molar-refractivity contribution in [3.8, 4) is 11.1 Å². The molecule has 0 aliphatic carbocycles. The summed E-state index contributed by atoms with van der Waals surface area (Å²) in [6, 6.07) is 17.4. The Morgan fingerprint density at radius 3 is 2.17 bits per heavy atom.